The van der Waals surface area contributed by atoms with Gasteiger partial charge in [-0.3, -0.25) is 0 Å². The molecule has 4 heteroatoms. The van der Waals surface area contributed by atoms with Crippen LogP contribution in [0, 0.1) is 0 Å². The second kappa shape index (κ2) is 5.85. The zero-order valence-corrected chi connectivity index (χ0v) is 15.4. The molecule has 1 heterocycles. The molecule has 0 amide bonds. The van der Waals surface area contributed by atoms with Gasteiger partial charge in [0.2, 0.25) is 0 Å². The molecule has 3 nitrogen and oxygen atoms in total. The molecule has 0 bridgehead atoms. The van der Waals surface area contributed by atoms with Gasteiger partial charge >= 0.3 is 5.97 Å². The van der Waals surface area contributed by atoms with Crippen LogP contribution in [0.15, 0.2) is 24.3 Å². The number of hydrogen-bond donors (Lipinski definition) is 1. The average molecular weight is 341 g/mol. The largest absolute Gasteiger partial charge is 0.478 e. The van der Waals surface area contributed by atoms with E-state index in [4.69, 9.17) is 10.1 Å². The summed E-state index contributed by atoms with van der Waals surface area (Å²) < 4.78 is 0. The fourth-order valence-electron chi connectivity index (χ4n) is 3.09. The van der Waals surface area contributed by atoms with Gasteiger partial charge in [0.15, 0.2) is 0 Å². The van der Waals surface area contributed by atoms with Crippen molar-refractivity contribution >= 4 is 29.5 Å². The normalized spacial score (nSPS) is 18.5. The van der Waals surface area contributed by atoms with Crippen molar-refractivity contribution in [1.82, 2.24) is 4.98 Å². The van der Waals surface area contributed by atoms with Crippen molar-refractivity contribution in [2.75, 3.05) is 0 Å². The van der Waals surface area contributed by atoms with Crippen LogP contribution < -0.4 is 0 Å². The van der Waals surface area contributed by atoms with Crippen molar-refractivity contribution in [3.63, 3.8) is 0 Å². The van der Waals surface area contributed by atoms with Crippen molar-refractivity contribution in [1.29, 1.82) is 0 Å². The highest BCUT2D eigenvalue weighted by Crippen LogP contribution is 2.48. The Bertz CT molecular complexity index is 764. The Morgan fingerprint density at radius 1 is 1.08 bits per heavy atom. The van der Waals surface area contributed by atoms with Gasteiger partial charge in [-0.15, -0.1) is 11.3 Å². The lowest BCUT2D eigenvalue weighted by Gasteiger charge is -2.37. The summed E-state index contributed by atoms with van der Waals surface area (Å²) in [4.78, 5) is 17.2. The molecular weight excluding hydrogens is 318 g/mol. The maximum atomic E-state index is 10.9. The molecule has 0 aliphatic heterocycles. The van der Waals surface area contributed by atoms with E-state index in [0.29, 0.717) is 5.56 Å². The zero-order valence-electron chi connectivity index (χ0n) is 14.6. The fraction of sp³-hybridized carbons (Fsp3) is 0.400. The maximum Gasteiger partial charge on any atom is 0.335 e. The van der Waals surface area contributed by atoms with E-state index in [1.807, 2.05) is 24.3 Å². The predicted octanol–water partition coefficient (Wildman–Crippen LogP) is 5.36. The first-order valence-corrected chi connectivity index (χ1v) is 9.04. The van der Waals surface area contributed by atoms with Crippen LogP contribution in [-0.4, -0.2) is 16.1 Å². The number of aromatic nitrogens is 1. The number of carbonyl (C=O) groups is 1. The van der Waals surface area contributed by atoms with E-state index < -0.39 is 5.97 Å². The second-order valence-electron chi connectivity index (χ2n) is 7.76. The van der Waals surface area contributed by atoms with Crippen molar-refractivity contribution in [3.8, 4) is 0 Å². The summed E-state index contributed by atoms with van der Waals surface area (Å²) in [6, 6.07) is 6.89. The highest BCUT2D eigenvalue weighted by Gasteiger charge is 2.40. The van der Waals surface area contributed by atoms with Crippen LogP contribution in [0.2, 0.25) is 0 Å². The molecule has 1 aromatic carbocycles. The standard InChI is InChI=1S/C20H23NO2S/c1-19(2)11-12-20(3,4)17-16(19)21-15(24-17)10-7-13-5-8-14(9-6-13)18(22)23/h5-10H,11-12H2,1-4H3,(H,22,23). The van der Waals surface area contributed by atoms with E-state index in [-0.39, 0.29) is 10.8 Å². The minimum Gasteiger partial charge on any atom is -0.478 e. The van der Waals surface area contributed by atoms with Crippen LogP contribution in [0.3, 0.4) is 0 Å². The van der Waals surface area contributed by atoms with Gasteiger partial charge in [-0.1, -0.05) is 45.9 Å². The Labute approximate surface area is 147 Å². The lowest BCUT2D eigenvalue weighted by atomic mass is 9.69. The van der Waals surface area contributed by atoms with Gasteiger partial charge in [-0.2, -0.15) is 0 Å². The maximum absolute atomic E-state index is 10.9. The molecule has 0 fully saturated rings. The molecule has 0 spiro atoms. The highest BCUT2D eigenvalue weighted by molar-refractivity contribution is 7.12. The fourth-order valence-corrected chi connectivity index (χ4v) is 4.37. The molecule has 0 saturated carbocycles. The summed E-state index contributed by atoms with van der Waals surface area (Å²) in [5.74, 6) is -0.900. The van der Waals surface area contributed by atoms with Crippen LogP contribution in [0.4, 0.5) is 0 Å². The second-order valence-corrected chi connectivity index (χ2v) is 8.79. The third kappa shape index (κ3) is 3.16. The first kappa shape index (κ1) is 16.9. The summed E-state index contributed by atoms with van der Waals surface area (Å²) in [7, 11) is 0. The Morgan fingerprint density at radius 3 is 2.29 bits per heavy atom. The predicted molar refractivity (Wildman–Crippen MR) is 99.7 cm³/mol. The summed E-state index contributed by atoms with van der Waals surface area (Å²) in [6.45, 7) is 9.16. The number of aromatic carboxylic acids is 1. The summed E-state index contributed by atoms with van der Waals surface area (Å²) in [6.07, 6.45) is 6.38. The molecule has 1 aromatic heterocycles. The van der Waals surface area contributed by atoms with E-state index in [9.17, 15) is 4.79 Å². The van der Waals surface area contributed by atoms with Gasteiger partial charge in [0.25, 0.3) is 0 Å². The van der Waals surface area contributed by atoms with Gasteiger partial charge < -0.3 is 5.11 Å². The number of thiazole rings is 1. The van der Waals surface area contributed by atoms with E-state index in [1.165, 1.54) is 17.0 Å². The smallest absolute Gasteiger partial charge is 0.335 e. The molecule has 0 saturated heterocycles. The third-order valence-corrected chi connectivity index (χ3v) is 6.24. The average Bonchev–Trinajstić information content (AvgIpc) is 2.97. The topological polar surface area (TPSA) is 50.2 Å². The van der Waals surface area contributed by atoms with E-state index in [2.05, 4.69) is 27.7 Å². The Morgan fingerprint density at radius 2 is 1.71 bits per heavy atom. The monoisotopic (exact) mass is 341 g/mol. The number of carboxylic acid groups (broad SMARTS) is 1. The third-order valence-electron chi connectivity index (χ3n) is 4.85. The molecule has 126 valence electrons. The lowest BCUT2D eigenvalue weighted by Crippen LogP contribution is -2.32. The highest BCUT2D eigenvalue weighted by atomic mass is 32.1. The van der Waals surface area contributed by atoms with Gasteiger partial charge in [-0.05, 0) is 36.6 Å². The lowest BCUT2D eigenvalue weighted by molar-refractivity contribution is 0.0697. The van der Waals surface area contributed by atoms with E-state index >= 15 is 0 Å². The number of carboxylic acids is 1. The molecule has 1 aliphatic carbocycles. The molecule has 2 aromatic rings. The first-order valence-electron chi connectivity index (χ1n) is 8.22. The number of fused-ring (bicyclic) bond motifs is 1. The quantitative estimate of drug-likeness (QED) is 0.817. The molecule has 24 heavy (non-hydrogen) atoms. The van der Waals surface area contributed by atoms with Crippen molar-refractivity contribution < 1.29 is 9.90 Å². The van der Waals surface area contributed by atoms with Crippen LogP contribution in [0.25, 0.3) is 12.2 Å². The molecule has 1 aliphatic rings. The van der Waals surface area contributed by atoms with E-state index in [1.54, 1.807) is 23.5 Å². The molecule has 3 rings (SSSR count). The number of hydrogen-bond acceptors (Lipinski definition) is 3. The zero-order chi connectivity index (χ0) is 17.5. The van der Waals surface area contributed by atoms with Gasteiger partial charge in [0.1, 0.15) is 5.01 Å². The van der Waals surface area contributed by atoms with Crippen molar-refractivity contribution in [3.05, 3.63) is 51.0 Å². The number of benzene rings is 1. The van der Waals surface area contributed by atoms with Gasteiger partial charge in [0, 0.05) is 15.7 Å². The van der Waals surface area contributed by atoms with Crippen LogP contribution in [0.5, 0.6) is 0 Å². The van der Waals surface area contributed by atoms with Gasteiger partial charge in [-0.25, -0.2) is 9.78 Å². The molecule has 0 unspecified atom stereocenters. The summed E-state index contributed by atoms with van der Waals surface area (Å²) in [5, 5.41) is 9.97. The summed E-state index contributed by atoms with van der Waals surface area (Å²) >= 11 is 1.78. The minimum absolute atomic E-state index is 0.135. The molecule has 0 atom stereocenters. The van der Waals surface area contributed by atoms with Crippen molar-refractivity contribution in [2.24, 2.45) is 0 Å². The minimum atomic E-state index is -0.900. The van der Waals surface area contributed by atoms with E-state index in [0.717, 1.165) is 17.0 Å². The first-order chi connectivity index (χ1) is 11.2. The summed E-state index contributed by atoms with van der Waals surface area (Å²) in [5.41, 5.74) is 2.85. The molecule has 0 radical (unpaired) electrons. The van der Waals surface area contributed by atoms with Gasteiger partial charge in [0.05, 0.1) is 11.3 Å². The Balaban J connectivity index is 1.89. The molecule has 1 N–H and O–H groups in total. The SMILES string of the molecule is CC1(C)CCC(C)(C)c2sc(C=Cc3ccc(C(=O)O)cc3)nc21. The molecular formula is C20H23NO2S. The Hall–Kier alpha value is -1.94. The van der Waals surface area contributed by atoms with Crippen LogP contribution in [-0.2, 0) is 10.8 Å². The van der Waals surface area contributed by atoms with Crippen LogP contribution >= 0.6 is 11.3 Å². The van der Waals surface area contributed by atoms with Crippen molar-refractivity contribution in [2.45, 2.75) is 51.4 Å². The Kier molecular flexibility index (Phi) is 4.12. The number of nitrogens with zero attached hydrogens (tertiary/aromatic N) is 1. The van der Waals surface area contributed by atoms with Crippen LogP contribution in [0.1, 0.15) is 72.0 Å². The number of rotatable bonds is 3.